The highest BCUT2D eigenvalue weighted by Gasteiger charge is 2.54. The molecule has 2 amide bonds. The molecule has 160 valence electrons. The van der Waals surface area contributed by atoms with E-state index in [9.17, 15) is 24.3 Å². The van der Waals surface area contributed by atoms with Crippen LogP contribution in [0.5, 0.6) is 0 Å². The second-order valence-corrected chi connectivity index (χ2v) is 9.26. The molecule has 0 saturated carbocycles. The number of carboxylic acid groups (broad SMARTS) is 1. The number of nitrogens with one attached hydrogen (secondary N) is 1. The zero-order valence-corrected chi connectivity index (χ0v) is 18.4. The van der Waals surface area contributed by atoms with Gasteiger partial charge in [0.15, 0.2) is 0 Å². The zero-order valence-electron chi connectivity index (χ0n) is 15.2. The van der Waals surface area contributed by atoms with Gasteiger partial charge in [-0.3, -0.25) is 19.3 Å². The topological polar surface area (TPSA) is 151 Å². The fourth-order valence-electron chi connectivity index (χ4n) is 2.76. The Morgan fingerprint density at radius 2 is 2.27 bits per heavy atom. The maximum Gasteiger partial charge on any atom is 0.352 e. The number of β-lactam (4-membered cyclic amide) rings is 1. The summed E-state index contributed by atoms with van der Waals surface area (Å²) in [6, 6.07) is -0.998. The van der Waals surface area contributed by atoms with Crippen LogP contribution in [0.25, 0.3) is 0 Å². The molecule has 1 aromatic rings. The van der Waals surface area contributed by atoms with Gasteiger partial charge in [-0.05, 0) is 17.1 Å². The van der Waals surface area contributed by atoms with Crippen LogP contribution in [-0.2, 0) is 24.0 Å². The number of alkyl halides is 1. The Morgan fingerprint density at radius 1 is 1.50 bits per heavy atom. The predicted octanol–water partition coefficient (Wildman–Crippen LogP) is 0.179. The molecule has 30 heavy (non-hydrogen) atoms. The van der Waals surface area contributed by atoms with E-state index in [1.54, 1.807) is 6.20 Å². The summed E-state index contributed by atoms with van der Waals surface area (Å²) in [7, 11) is 1.16. The van der Waals surface area contributed by atoms with Crippen LogP contribution < -0.4 is 5.32 Å². The second kappa shape index (κ2) is 9.76. The molecule has 11 nitrogen and oxygen atoms in total. The molecule has 2 N–H and O–H groups in total. The summed E-state index contributed by atoms with van der Waals surface area (Å²) in [5.74, 6) is -3.26. The van der Waals surface area contributed by atoms with Crippen LogP contribution in [0, 0.1) is 0 Å². The first-order valence-electron chi connectivity index (χ1n) is 8.20. The Labute approximate surface area is 187 Å². The number of Topliss-reactive ketones (excluding diaryl/α,β-unsaturated/α-hetero) is 1. The Bertz CT molecular complexity index is 937. The maximum atomic E-state index is 12.6. The van der Waals surface area contributed by atoms with Crippen molar-refractivity contribution in [2.75, 3.05) is 24.5 Å². The lowest BCUT2D eigenvalue weighted by Crippen LogP contribution is -2.71. The van der Waals surface area contributed by atoms with Gasteiger partial charge in [-0.2, -0.15) is 0 Å². The minimum Gasteiger partial charge on any atom is -0.477 e. The van der Waals surface area contributed by atoms with E-state index in [4.69, 9.17) is 11.6 Å². The van der Waals surface area contributed by atoms with E-state index in [0.29, 0.717) is 17.1 Å². The van der Waals surface area contributed by atoms with E-state index in [1.807, 2.05) is 0 Å². The zero-order chi connectivity index (χ0) is 21.8. The number of hydrogen-bond donors (Lipinski definition) is 2. The largest absolute Gasteiger partial charge is 0.477 e. The number of amides is 2. The van der Waals surface area contributed by atoms with Gasteiger partial charge in [0.1, 0.15) is 28.4 Å². The number of ketones is 1. The molecule has 3 rings (SSSR count). The number of carbonyl (C=O) groups excluding carboxylic acids is 3. The van der Waals surface area contributed by atoms with E-state index in [0.717, 1.165) is 16.2 Å². The molecular formula is C15H14ClN5O6S3. The first-order valence-corrected chi connectivity index (χ1v) is 11.5. The first kappa shape index (κ1) is 22.5. The smallest absolute Gasteiger partial charge is 0.352 e. The summed E-state index contributed by atoms with van der Waals surface area (Å²) in [5.41, 5.74) is -0.0788. The second-order valence-electron chi connectivity index (χ2n) is 5.82. The molecule has 2 atom stereocenters. The number of halogens is 1. The number of carboxylic acids is 1. The molecule has 0 aromatic carbocycles. The third-order valence-electron chi connectivity index (χ3n) is 4.05. The van der Waals surface area contributed by atoms with E-state index in [2.05, 4.69) is 24.9 Å². The number of aromatic nitrogens is 2. The van der Waals surface area contributed by atoms with Crippen LogP contribution in [0.2, 0.25) is 0 Å². The van der Waals surface area contributed by atoms with Crippen molar-refractivity contribution >= 4 is 75.9 Å². The van der Waals surface area contributed by atoms with Crippen molar-refractivity contribution in [2.45, 2.75) is 15.6 Å². The van der Waals surface area contributed by atoms with Crippen molar-refractivity contribution in [3.63, 3.8) is 0 Å². The average molecular weight is 492 g/mol. The van der Waals surface area contributed by atoms with Gasteiger partial charge in [0.2, 0.25) is 11.5 Å². The van der Waals surface area contributed by atoms with Gasteiger partial charge in [0, 0.05) is 11.5 Å². The highest BCUT2D eigenvalue weighted by molar-refractivity contribution is 8.01. The number of rotatable bonds is 9. The summed E-state index contributed by atoms with van der Waals surface area (Å²) < 4.78 is 4.58. The highest BCUT2D eigenvalue weighted by Crippen LogP contribution is 2.41. The Kier molecular flexibility index (Phi) is 7.33. The fourth-order valence-corrected chi connectivity index (χ4v) is 5.79. The van der Waals surface area contributed by atoms with Gasteiger partial charge in [-0.15, -0.1) is 40.2 Å². The predicted molar refractivity (Wildman–Crippen MR) is 110 cm³/mol. The number of thioether (sulfide) groups is 2. The number of hydrogen-bond acceptors (Lipinski definition) is 11. The van der Waals surface area contributed by atoms with Gasteiger partial charge in [-0.1, -0.05) is 9.64 Å². The maximum absolute atomic E-state index is 12.6. The molecule has 0 bridgehead atoms. The average Bonchev–Trinajstić information content (AvgIpc) is 3.26. The molecule has 15 heteroatoms. The molecule has 0 spiro atoms. The number of aliphatic carboxylic acids is 1. The van der Waals surface area contributed by atoms with Crippen molar-refractivity contribution in [1.29, 1.82) is 0 Å². The molecule has 1 saturated heterocycles. The normalized spacial score (nSPS) is 21.1. The van der Waals surface area contributed by atoms with E-state index >= 15 is 0 Å². The Morgan fingerprint density at radius 3 is 2.87 bits per heavy atom. The number of fused-ring (bicyclic) bond motifs is 1. The highest BCUT2D eigenvalue weighted by atomic mass is 35.5. The third kappa shape index (κ3) is 4.45. The lowest BCUT2D eigenvalue weighted by molar-refractivity contribution is -0.150. The van der Waals surface area contributed by atoms with Gasteiger partial charge in [-0.25, -0.2) is 4.79 Å². The quantitative estimate of drug-likeness (QED) is 0.122. The molecule has 2 aliphatic rings. The van der Waals surface area contributed by atoms with Crippen molar-refractivity contribution in [3.8, 4) is 0 Å². The van der Waals surface area contributed by atoms with Gasteiger partial charge >= 0.3 is 5.97 Å². The van der Waals surface area contributed by atoms with E-state index < -0.39 is 46.6 Å². The van der Waals surface area contributed by atoms with Gasteiger partial charge < -0.3 is 15.3 Å². The fraction of sp³-hybridized carbons (Fsp3) is 0.400. The summed E-state index contributed by atoms with van der Waals surface area (Å²) in [5, 5.41) is 18.6. The molecule has 3 heterocycles. The lowest BCUT2D eigenvalue weighted by Gasteiger charge is -2.49. The number of oxime groups is 1. The van der Waals surface area contributed by atoms with Crippen LogP contribution >= 0.6 is 46.7 Å². The SMILES string of the molecule is CO/N=C(/C(=O)CCl)C(=O)NC1C(=O)N2C(C(=O)O)=C(CSc3cnns3)CS[C@@H]12. The number of carbonyl (C=O) groups is 4. The van der Waals surface area contributed by atoms with Gasteiger partial charge in [0.05, 0.1) is 12.1 Å². The summed E-state index contributed by atoms with van der Waals surface area (Å²) in [6.45, 7) is 0. The van der Waals surface area contributed by atoms with E-state index in [1.165, 1.54) is 35.1 Å². The standard InChI is InChI=1S/C15H14ClN5O6S3/c1-27-19-9(7(22)2-16)12(23)18-10-13(24)21-11(15(25)26)6(5-29-14(10)21)4-28-8-3-17-20-30-8/h3,10,14H,2,4-5H2,1H3,(H,18,23)(H,25,26)/b19-9-/t10?,14-/m0/s1. The summed E-state index contributed by atoms with van der Waals surface area (Å²) >= 11 is 9.35. The van der Waals surface area contributed by atoms with Crippen LogP contribution in [0.4, 0.5) is 0 Å². The Balaban J connectivity index is 1.74. The van der Waals surface area contributed by atoms with E-state index in [-0.39, 0.29) is 5.70 Å². The monoisotopic (exact) mass is 491 g/mol. The first-order chi connectivity index (χ1) is 14.4. The molecule has 2 aliphatic heterocycles. The Hall–Kier alpha value is -2.16. The van der Waals surface area contributed by atoms with Crippen molar-refractivity contribution in [3.05, 3.63) is 17.5 Å². The minimum atomic E-state index is -1.23. The van der Waals surface area contributed by atoms with Crippen LogP contribution in [0.3, 0.4) is 0 Å². The lowest BCUT2D eigenvalue weighted by atomic mass is 10.0. The van der Waals surface area contributed by atoms with Crippen LogP contribution in [0.1, 0.15) is 0 Å². The van der Waals surface area contributed by atoms with Crippen molar-refractivity contribution < 1.29 is 29.1 Å². The summed E-state index contributed by atoms with van der Waals surface area (Å²) in [4.78, 5) is 54.2. The molecular weight excluding hydrogens is 478 g/mol. The van der Waals surface area contributed by atoms with Crippen LogP contribution in [0.15, 0.2) is 26.8 Å². The minimum absolute atomic E-state index is 0.0955. The molecule has 1 fully saturated rings. The van der Waals surface area contributed by atoms with Gasteiger partial charge in [0.25, 0.3) is 11.8 Å². The molecule has 1 aromatic heterocycles. The van der Waals surface area contributed by atoms with Crippen LogP contribution in [-0.4, -0.2) is 84.8 Å². The summed E-state index contributed by atoms with van der Waals surface area (Å²) in [6.07, 6.45) is 1.58. The molecule has 0 aliphatic carbocycles. The van der Waals surface area contributed by atoms with Crippen molar-refractivity contribution in [1.82, 2.24) is 19.8 Å². The molecule has 0 radical (unpaired) electrons. The number of nitrogens with zero attached hydrogens (tertiary/aromatic N) is 4. The molecule has 1 unspecified atom stereocenters. The van der Waals surface area contributed by atoms with Crippen molar-refractivity contribution in [2.24, 2.45) is 5.16 Å². The third-order valence-corrected chi connectivity index (χ3v) is 7.55.